The molecule has 0 saturated heterocycles. The number of pyridine rings is 2. The van der Waals surface area contributed by atoms with Crippen LogP contribution in [0.2, 0.25) is 0 Å². The van der Waals surface area contributed by atoms with Gasteiger partial charge < -0.3 is 14.6 Å². The van der Waals surface area contributed by atoms with Gasteiger partial charge in [0.1, 0.15) is 35.0 Å². The van der Waals surface area contributed by atoms with Gasteiger partial charge in [0.2, 0.25) is 5.91 Å². The zero-order valence-electron chi connectivity index (χ0n) is 22.8. The maximum absolute atomic E-state index is 14.0. The molecule has 1 N–H and O–H groups in total. The Hall–Kier alpha value is -4.52. The molecule has 1 aromatic carbocycles. The highest BCUT2D eigenvalue weighted by Crippen LogP contribution is 2.38. The topological polar surface area (TPSA) is 109 Å². The van der Waals surface area contributed by atoms with Crippen LogP contribution in [0.3, 0.4) is 0 Å². The molecule has 1 aliphatic rings. The number of benzene rings is 1. The van der Waals surface area contributed by atoms with E-state index in [0.29, 0.717) is 40.7 Å². The summed E-state index contributed by atoms with van der Waals surface area (Å²) in [6.07, 6.45) is 3.00. The zero-order chi connectivity index (χ0) is 28.1. The number of ether oxygens (including phenoxy) is 1. The molecule has 0 aliphatic heterocycles. The van der Waals surface area contributed by atoms with Crippen molar-refractivity contribution in [3.63, 3.8) is 0 Å². The van der Waals surface area contributed by atoms with Crippen molar-refractivity contribution < 1.29 is 15.3 Å². The number of fused-ring (bicyclic) bond motifs is 1. The van der Waals surface area contributed by atoms with Crippen molar-refractivity contribution in [3.05, 3.63) is 65.7 Å². The van der Waals surface area contributed by atoms with Gasteiger partial charge in [-0.05, 0) is 42.2 Å². The number of carbonyl (C=O) groups excluding carboxylic acids is 1. The van der Waals surface area contributed by atoms with Crippen LogP contribution in [0.25, 0.3) is 11.0 Å². The molecule has 2 atom stereocenters. The van der Waals surface area contributed by atoms with Gasteiger partial charge in [0.25, 0.3) is 0 Å². The van der Waals surface area contributed by atoms with E-state index in [0.717, 1.165) is 16.6 Å². The third-order valence-corrected chi connectivity index (χ3v) is 6.49. The van der Waals surface area contributed by atoms with Crippen molar-refractivity contribution in [2.75, 3.05) is 17.3 Å². The highest BCUT2D eigenvalue weighted by atomic mass is 19.1. The summed E-state index contributed by atoms with van der Waals surface area (Å²) >= 11 is 0. The summed E-state index contributed by atoms with van der Waals surface area (Å²) in [6, 6.07) is 13.0. The molecule has 1 amide bonds. The highest BCUT2D eigenvalue weighted by molar-refractivity contribution is 6.03. The Kier molecular flexibility index (Phi) is 8.39. The molecule has 1 saturated carbocycles. The van der Waals surface area contributed by atoms with Crippen LogP contribution in [0.5, 0.6) is 5.75 Å². The lowest BCUT2D eigenvalue weighted by molar-refractivity contribution is -0.120. The molecule has 204 valence electrons. The average molecular weight is 532 g/mol. The number of aryl methyl sites for hydroxylation is 2. The number of methoxy groups -OCH3 is 1. The van der Waals surface area contributed by atoms with E-state index < -0.39 is 12.1 Å². The summed E-state index contributed by atoms with van der Waals surface area (Å²) in [5.74, 6) is 0.512. The van der Waals surface area contributed by atoms with E-state index in [2.05, 4.69) is 21.4 Å². The fourth-order valence-corrected chi connectivity index (χ4v) is 4.25. The van der Waals surface area contributed by atoms with Crippen LogP contribution in [-0.4, -0.2) is 38.7 Å². The number of anilines is 3. The second-order valence-electron chi connectivity index (χ2n) is 9.00. The standard InChI is InChI=1S/C27H26FN7O2.C2H6.H2/c1-4-17-9-18(12-29)30-13-22(17)32-24-11-23-25(31-15-34(23)2)26(33-24)35(27(36)20-10-21(20)28)14-16-5-7-19(37-3)8-6-16;1-2;/h5-9,11,13,15,20-21H,4,10,14H2,1-3H3,(H,32,33);1-2H3;1H/t20-,21+;;/m0../s1. The molecule has 3 heterocycles. The fourth-order valence-electron chi connectivity index (χ4n) is 4.25. The second-order valence-corrected chi connectivity index (χ2v) is 9.00. The predicted octanol–water partition coefficient (Wildman–Crippen LogP) is 5.71. The van der Waals surface area contributed by atoms with Crippen LogP contribution in [-0.2, 0) is 24.8 Å². The first-order chi connectivity index (χ1) is 18.9. The van der Waals surface area contributed by atoms with Gasteiger partial charge in [-0.3, -0.25) is 9.69 Å². The summed E-state index contributed by atoms with van der Waals surface area (Å²) in [6.45, 7) is 6.19. The first kappa shape index (κ1) is 27.5. The van der Waals surface area contributed by atoms with Crippen LogP contribution in [0.1, 0.15) is 45.4 Å². The molecule has 3 aromatic heterocycles. The molecule has 1 aliphatic carbocycles. The molecule has 4 aromatic rings. The molecule has 10 heteroatoms. The predicted molar refractivity (Wildman–Crippen MR) is 151 cm³/mol. The summed E-state index contributed by atoms with van der Waals surface area (Å²) in [4.78, 5) is 28.5. The molecule has 39 heavy (non-hydrogen) atoms. The minimum atomic E-state index is -1.15. The molecular weight excluding hydrogens is 497 g/mol. The van der Waals surface area contributed by atoms with Crippen molar-refractivity contribution in [1.29, 1.82) is 5.26 Å². The molecule has 0 bridgehead atoms. The Morgan fingerprint density at radius 3 is 2.62 bits per heavy atom. The van der Waals surface area contributed by atoms with E-state index in [1.54, 1.807) is 25.7 Å². The van der Waals surface area contributed by atoms with E-state index in [9.17, 15) is 14.4 Å². The molecular formula is C29H34FN7O2. The Morgan fingerprint density at radius 2 is 2.00 bits per heavy atom. The maximum Gasteiger partial charge on any atom is 0.234 e. The lowest BCUT2D eigenvalue weighted by atomic mass is 10.1. The van der Waals surface area contributed by atoms with E-state index in [-0.39, 0.29) is 20.3 Å². The Labute approximate surface area is 228 Å². The SMILES string of the molecule is CC.CCc1cc(C#N)ncc1Nc1cc2c(ncn2C)c(N(Cc2ccc(OC)cc2)C(=O)[C@H]2C[C@H]2F)n1.[HH]. The van der Waals surface area contributed by atoms with E-state index >= 15 is 0 Å². The Morgan fingerprint density at radius 1 is 1.28 bits per heavy atom. The molecule has 5 rings (SSSR count). The quantitative estimate of drug-likeness (QED) is 0.310. The van der Waals surface area contributed by atoms with Crippen molar-refractivity contribution in [2.45, 2.75) is 46.3 Å². The molecule has 0 spiro atoms. The number of halogens is 1. The largest absolute Gasteiger partial charge is 0.497 e. The van der Waals surface area contributed by atoms with Crippen molar-refractivity contribution in [2.24, 2.45) is 13.0 Å². The number of nitrogens with zero attached hydrogens (tertiary/aromatic N) is 6. The van der Waals surface area contributed by atoms with Crippen molar-refractivity contribution >= 4 is 34.3 Å². The number of hydrogen-bond donors (Lipinski definition) is 1. The fraction of sp³-hybridized carbons (Fsp3) is 0.345. The van der Waals surface area contributed by atoms with Crippen LogP contribution in [0, 0.1) is 17.2 Å². The number of nitrogens with one attached hydrogen (secondary N) is 1. The number of carbonyl (C=O) groups is 1. The van der Waals surface area contributed by atoms with Gasteiger partial charge in [-0.15, -0.1) is 0 Å². The average Bonchev–Trinajstić information content (AvgIpc) is 3.60. The van der Waals surface area contributed by atoms with Gasteiger partial charge in [0.05, 0.1) is 43.3 Å². The number of nitriles is 1. The molecule has 9 nitrogen and oxygen atoms in total. The second kappa shape index (κ2) is 11.9. The van der Waals surface area contributed by atoms with E-state index in [1.807, 2.05) is 62.7 Å². The van der Waals surface area contributed by atoms with E-state index in [4.69, 9.17) is 9.72 Å². The lowest BCUT2D eigenvalue weighted by Gasteiger charge is -2.23. The van der Waals surface area contributed by atoms with Crippen LogP contribution < -0.4 is 15.0 Å². The van der Waals surface area contributed by atoms with Gasteiger partial charge in [-0.25, -0.2) is 19.3 Å². The first-order valence-electron chi connectivity index (χ1n) is 13.0. The highest BCUT2D eigenvalue weighted by Gasteiger charge is 2.46. The van der Waals surface area contributed by atoms with Crippen LogP contribution in [0.4, 0.5) is 21.7 Å². The summed E-state index contributed by atoms with van der Waals surface area (Å²) in [5.41, 5.74) is 4.09. The summed E-state index contributed by atoms with van der Waals surface area (Å²) < 4.78 is 21.1. The maximum atomic E-state index is 14.0. The van der Waals surface area contributed by atoms with Gasteiger partial charge in [-0.2, -0.15) is 5.26 Å². The number of alkyl halides is 1. The number of rotatable bonds is 8. The normalized spacial score (nSPS) is 15.6. The lowest BCUT2D eigenvalue weighted by Crippen LogP contribution is -2.33. The van der Waals surface area contributed by atoms with Gasteiger partial charge in [0, 0.05) is 14.5 Å². The third kappa shape index (κ3) is 5.82. The van der Waals surface area contributed by atoms with Gasteiger partial charge >= 0.3 is 0 Å². The summed E-state index contributed by atoms with van der Waals surface area (Å²) in [7, 11) is 3.45. The number of hydrogen-bond acceptors (Lipinski definition) is 7. The van der Waals surface area contributed by atoms with Crippen molar-refractivity contribution in [1.82, 2.24) is 19.5 Å². The third-order valence-electron chi connectivity index (χ3n) is 6.49. The Balaban J connectivity index is 0.00000144. The molecule has 0 radical (unpaired) electrons. The minimum Gasteiger partial charge on any atom is -0.497 e. The molecule has 0 unspecified atom stereocenters. The zero-order valence-corrected chi connectivity index (χ0v) is 22.8. The monoisotopic (exact) mass is 531 g/mol. The smallest absolute Gasteiger partial charge is 0.234 e. The summed E-state index contributed by atoms with van der Waals surface area (Å²) in [5, 5.41) is 12.5. The van der Waals surface area contributed by atoms with Gasteiger partial charge in [0.15, 0.2) is 5.82 Å². The van der Waals surface area contributed by atoms with Gasteiger partial charge in [-0.1, -0.05) is 32.9 Å². The van der Waals surface area contributed by atoms with Crippen LogP contribution in [0.15, 0.2) is 48.9 Å². The number of imidazole rings is 1. The minimum absolute atomic E-state index is 0. The van der Waals surface area contributed by atoms with E-state index in [1.165, 1.54) is 4.90 Å². The molecule has 1 fully saturated rings. The number of amides is 1. The van der Waals surface area contributed by atoms with Crippen molar-refractivity contribution in [3.8, 4) is 11.8 Å². The number of aromatic nitrogens is 4. The van der Waals surface area contributed by atoms with Crippen LogP contribution >= 0.6 is 0 Å². The first-order valence-corrected chi connectivity index (χ1v) is 13.0. The Bertz CT molecular complexity index is 1520.